The maximum atomic E-state index is 8.73. The van der Waals surface area contributed by atoms with Crippen LogP contribution >= 0.6 is 11.6 Å². The van der Waals surface area contributed by atoms with Crippen molar-refractivity contribution in [2.45, 2.75) is 25.8 Å². The Morgan fingerprint density at radius 3 is 2.81 bits per heavy atom. The molecule has 109 valence electrons. The molecule has 1 radical (unpaired) electrons. The van der Waals surface area contributed by atoms with Crippen LogP contribution in [0.4, 0.5) is 0 Å². The fourth-order valence-electron chi connectivity index (χ4n) is 2.02. The zero-order chi connectivity index (χ0) is 15.5. The van der Waals surface area contributed by atoms with E-state index < -0.39 is 5.54 Å². The van der Waals surface area contributed by atoms with Gasteiger partial charge in [0.15, 0.2) is 0 Å². The Hall–Kier alpha value is -2.04. The van der Waals surface area contributed by atoms with E-state index in [-0.39, 0.29) is 0 Å². The standard InChI is InChI=1S/C14H15ClN5O/c1-4-5-21-13-10-7-17-12(15)6-9(10)11(8-18-13)14(2,3)19-20-16/h6-8H,1,4-5H2,2-3H3. The molecule has 7 heteroatoms. The predicted octanol–water partition coefficient (Wildman–Crippen LogP) is 4.43. The summed E-state index contributed by atoms with van der Waals surface area (Å²) >= 11 is 5.99. The molecular weight excluding hydrogens is 290 g/mol. The summed E-state index contributed by atoms with van der Waals surface area (Å²) in [5, 5.41) is 5.72. The summed E-state index contributed by atoms with van der Waals surface area (Å²) in [4.78, 5) is 11.3. The monoisotopic (exact) mass is 304 g/mol. The van der Waals surface area contributed by atoms with E-state index in [1.54, 1.807) is 18.5 Å². The average Bonchev–Trinajstić information content (AvgIpc) is 2.44. The number of ether oxygens (including phenoxy) is 1. The van der Waals surface area contributed by atoms with Crippen molar-refractivity contribution in [1.82, 2.24) is 9.97 Å². The first kappa shape index (κ1) is 15.4. The zero-order valence-corrected chi connectivity index (χ0v) is 12.6. The van der Waals surface area contributed by atoms with E-state index in [4.69, 9.17) is 21.9 Å². The topological polar surface area (TPSA) is 83.8 Å². The van der Waals surface area contributed by atoms with E-state index in [2.05, 4.69) is 26.9 Å². The van der Waals surface area contributed by atoms with Crippen molar-refractivity contribution in [2.75, 3.05) is 6.61 Å². The second-order valence-corrected chi connectivity index (χ2v) is 5.37. The smallest absolute Gasteiger partial charge is 0.222 e. The van der Waals surface area contributed by atoms with Crippen LogP contribution in [0.15, 0.2) is 23.6 Å². The van der Waals surface area contributed by atoms with Gasteiger partial charge in [0, 0.05) is 17.3 Å². The molecule has 0 saturated heterocycles. The summed E-state index contributed by atoms with van der Waals surface area (Å²) in [7, 11) is 0. The number of halogens is 1. The minimum absolute atomic E-state index is 0.356. The molecule has 0 atom stereocenters. The first-order valence-electron chi connectivity index (χ1n) is 6.42. The summed E-state index contributed by atoms with van der Waals surface area (Å²) < 4.78 is 5.58. The van der Waals surface area contributed by atoms with Gasteiger partial charge >= 0.3 is 0 Å². The Balaban J connectivity index is 2.68. The van der Waals surface area contributed by atoms with Gasteiger partial charge in [-0.15, -0.1) is 0 Å². The normalized spacial score (nSPS) is 11.2. The van der Waals surface area contributed by atoms with Crippen molar-refractivity contribution in [3.05, 3.63) is 46.5 Å². The van der Waals surface area contributed by atoms with Gasteiger partial charge in [-0.05, 0) is 35.9 Å². The minimum Gasteiger partial charge on any atom is -0.477 e. The number of hydrogen-bond donors (Lipinski definition) is 0. The lowest BCUT2D eigenvalue weighted by Crippen LogP contribution is -2.14. The van der Waals surface area contributed by atoms with Gasteiger partial charge in [-0.3, -0.25) is 0 Å². The number of hydrogen-bond acceptors (Lipinski definition) is 4. The third kappa shape index (κ3) is 3.17. The Bertz CT molecular complexity index is 710. The highest BCUT2D eigenvalue weighted by molar-refractivity contribution is 6.30. The van der Waals surface area contributed by atoms with Crippen LogP contribution < -0.4 is 4.74 Å². The second-order valence-electron chi connectivity index (χ2n) is 4.98. The van der Waals surface area contributed by atoms with E-state index in [0.717, 1.165) is 16.3 Å². The van der Waals surface area contributed by atoms with E-state index in [1.165, 1.54) is 0 Å². The second kappa shape index (κ2) is 6.16. The average molecular weight is 305 g/mol. The van der Waals surface area contributed by atoms with Crippen molar-refractivity contribution in [1.29, 1.82) is 0 Å². The summed E-state index contributed by atoms with van der Waals surface area (Å²) in [5.41, 5.74) is 8.74. The molecule has 0 fully saturated rings. The van der Waals surface area contributed by atoms with Gasteiger partial charge < -0.3 is 4.74 Å². The van der Waals surface area contributed by atoms with Gasteiger partial charge in [0.05, 0.1) is 17.5 Å². The summed E-state index contributed by atoms with van der Waals surface area (Å²) in [5.74, 6) is 0.471. The van der Waals surface area contributed by atoms with Crippen molar-refractivity contribution >= 4 is 22.4 Å². The fraction of sp³-hybridized carbons (Fsp3) is 0.357. The molecule has 6 nitrogen and oxygen atoms in total. The van der Waals surface area contributed by atoms with Gasteiger partial charge in [-0.25, -0.2) is 9.97 Å². The number of aromatic nitrogens is 2. The summed E-state index contributed by atoms with van der Waals surface area (Å²) in [6, 6.07) is 1.72. The van der Waals surface area contributed by atoms with Gasteiger partial charge in [-0.1, -0.05) is 30.6 Å². The minimum atomic E-state index is -0.754. The summed E-state index contributed by atoms with van der Waals surface area (Å²) in [6.07, 6.45) is 3.89. The molecule has 0 aliphatic heterocycles. The summed E-state index contributed by atoms with van der Waals surface area (Å²) in [6.45, 7) is 7.82. The quantitative estimate of drug-likeness (QED) is 0.354. The molecule has 0 unspecified atom stereocenters. The number of azide groups is 1. The lowest BCUT2D eigenvalue weighted by atomic mass is 9.93. The molecule has 2 heterocycles. The maximum absolute atomic E-state index is 8.73. The van der Waals surface area contributed by atoms with Crippen LogP contribution in [-0.4, -0.2) is 16.6 Å². The fourth-order valence-corrected chi connectivity index (χ4v) is 2.18. The Morgan fingerprint density at radius 1 is 1.38 bits per heavy atom. The Morgan fingerprint density at radius 2 is 2.14 bits per heavy atom. The molecule has 0 aliphatic carbocycles. The third-order valence-electron chi connectivity index (χ3n) is 3.04. The number of fused-ring (bicyclic) bond motifs is 1. The molecule has 21 heavy (non-hydrogen) atoms. The van der Waals surface area contributed by atoms with Crippen LogP contribution in [0.1, 0.15) is 25.8 Å². The Labute approximate surface area is 127 Å². The Kier molecular flexibility index (Phi) is 4.50. The first-order chi connectivity index (χ1) is 9.99. The number of pyridine rings is 2. The van der Waals surface area contributed by atoms with E-state index >= 15 is 0 Å². The molecule has 2 rings (SSSR count). The molecule has 0 N–H and O–H groups in total. The lowest BCUT2D eigenvalue weighted by molar-refractivity contribution is 0.315. The largest absolute Gasteiger partial charge is 0.477 e. The van der Waals surface area contributed by atoms with Crippen LogP contribution in [0.25, 0.3) is 21.2 Å². The van der Waals surface area contributed by atoms with Crippen LogP contribution in [0.5, 0.6) is 5.88 Å². The molecule has 0 saturated carbocycles. The molecule has 0 aliphatic rings. The van der Waals surface area contributed by atoms with E-state index in [1.807, 2.05) is 13.8 Å². The molecule has 2 aromatic rings. The van der Waals surface area contributed by atoms with Gasteiger partial charge in [0.1, 0.15) is 5.15 Å². The van der Waals surface area contributed by atoms with E-state index in [0.29, 0.717) is 24.1 Å². The van der Waals surface area contributed by atoms with Crippen LogP contribution in [0.3, 0.4) is 0 Å². The SMILES string of the molecule is [CH2]CCOc1ncc(C(C)(C)N=[N+]=[N-])c2cc(Cl)ncc12. The van der Waals surface area contributed by atoms with Gasteiger partial charge in [0.2, 0.25) is 5.88 Å². The lowest BCUT2D eigenvalue weighted by Gasteiger charge is -2.21. The van der Waals surface area contributed by atoms with Crippen LogP contribution in [0, 0.1) is 6.92 Å². The van der Waals surface area contributed by atoms with Crippen molar-refractivity contribution in [3.63, 3.8) is 0 Å². The van der Waals surface area contributed by atoms with Gasteiger partial charge in [-0.2, -0.15) is 0 Å². The molecule has 2 aromatic heterocycles. The van der Waals surface area contributed by atoms with Crippen LogP contribution in [-0.2, 0) is 5.54 Å². The third-order valence-corrected chi connectivity index (χ3v) is 3.25. The number of nitrogens with zero attached hydrogens (tertiary/aromatic N) is 5. The number of rotatable bonds is 5. The first-order valence-corrected chi connectivity index (χ1v) is 6.80. The molecule has 0 aromatic carbocycles. The maximum Gasteiger partial charge on any atom is 0.222 e. The van der Waals surface area contributed by atoms with Crippen molar-refractivity contribution in [2.24, 2.45) is 5.11 Å². The molecule has 0 spiro atoms. The highest BCUT2D eigenvalue weighted by atomic mass is 35.5. The van der Waals surface area contributed by atoms with Crippen molar-refractivity contribution < 1.29 is 4.74 Å². The van der Waals surface area contributed by atoms with Crippen LogP contribution in [0.2, 0.25) is 5.15 Å². The zero-order valence-electron chi connectivity index (χ0n) is 11.9. The molecular formula is C14H15ClN5O. The van der Waals surface area contributed by atoms with E-state index in [9.17, 15) is 0 Å². The molecule has 0 bridgehead atoms. The highest BCUT2D eigenvalue weighted by Crippen LogP contribution is 2.35. The van der Waals surface area contributed by atoms with Crippen molar-refractivity contribution in [3.8, 4) is 5.88 Å². The predicted molar refractivity (Wildman–Crippen MR) is 82.2 cm³/mol. The highest BCUT2D eigenvalue weighted by Gasteiger charge is 2.23. The van der Waals surface area contributed by atoms with Gasteiger partial charge in [0.25, 0.3) is 0 Å². The molecule has 0 amide bonds.